The number of quaternary nitrogens is 1. The highest BCUT2D eigenvalue weighted by molar-refractivity contribution is 7.98. The number of hydrogen-bond donors (Lipinski definition) is 0. The molecule has 0 radical (unpaired) electrons. The lowest BCUT2D eigenvalue weighted by Gasteiger charge is -2.23. The highest BCUT2D eigenvalue weighted by Crippen LogP contribution is 2.38. The molecule has 1 aliphatic rings. The van der Waals surface area contributed by atoms with Crippen molar-refractivity contribution in [2.24, 2.45) is 10.1 Å². The number of aliphatic imine (C=N–C) groups is 1. The van der Waals surface area contributed by atoms with Gasteiger partial charge in [-0.1, -0.05) is 4.59 Å². The molecule has 0 fully saturated rings. The number of amidine groups is 1. The number of pyridine rings is 1. The predicted octanol–water partition coefficient (Wildman–Crippen LogP) is 4.36. The summed E-state index contributed by atoms with van der Waals surface area (Å²) in [4.78, 5) is 8.42. The number of benzene rings is 1. The summed E-state index contributed by atoms with van der Waals surface area (Å²) in [6.07, 6.45) is 1.55. The molecule has 1 unspecified atom stereocenters. The van der Waals surface area contributed by atoms with Gasteiger partial charge in [0.2, 0.25) is 6.34 Å². The minimum Gasteiger partial charge on any atom is -0.264 e. The summed E-state index contributed by atoms with van der Waals surface area (Å²) < 4.78 is 38.5. The van der Waals surface area contributed by atoms with Crippen LogP contribution < -0.4 is 4.59 Å². The van der Waals surface area contributed by atoms with Crippen molar-refractivity contribution in [2.45, 2.75) is 11.1 Å². The van der Waals surface area contributed by atoms with E-state index in [2.05, 4.69) is 15.1 Å². The summed E-state index contributed by atoms with van der Waals surface area (Å²) in [5.74, 6) is -1.15. The smallest absolute Gasteiger partial charge is 0.264 e. The second-order valence-electron chi connectivity index (χ2n) is 4.75. The third kappa shape index (κ3) is 2.87. The first-order valence-electron chi connectivity index (χ1n) is 6.62. The minimum atomic E-state index is -4.59. The number of halogens is 3. The van der Waals surface area contributed by atoms with Gasteiger partial charge in [-0.2, -0.15) is 18.2 Å². The van der Waals surface area contributed by atoms with Crippen LogP contribution in [0.15, 0.2) is 63.8 Å². The van der Waals surface area contributed by atoms with Crippen LogP contribution in [0, 0.1) is 0 Å². The standard InChI is InChI=1S/C15H12F3N4S/c1-23-13-4-2-11(3-5-13)22(12-6-8-19-9-7-12)10-20-14(21-22)15(16,17)18/h2-10H,1H3/q+1. The normalized spacial score (nSPS) is 20.6. The Bertz CT molecular complexity index is 757. The molecule has 1 atom stereocenters. The van der Waals surface area contributed by atoms with Gasteiger partial charge in [-0.3, -0.25) is 4.98 Å². The van der Waals surface area contributed by atoms with Crippen LogP contribution in [-0.4, -0.2) is 29.6 Å². The van der Waals surface area contributed by atoms with Crippen molar-refractivity contribution in [2.75, 3.05) is 6.26 Å². The lowest BCUT2D eigenvalue weighted by Crippen LogP contribution is -2.35. The van der Waals surface area contributed by atoms with Crippen LogP contribution in [0.3, 0.4) is 0 Å². The molecule has 1 aromatic heterocycles. The number of nitrogens with zero attached hydrogens (tertiary/aromatic N) is 4. The Kier molecular flexibility index (Phi) is 3.95. The van der Waals surface area contributed by atoms with Crippen LogP contribution in [-0.2, 0) is 0 Å². The average Bonchev–Trinajstić information content (AvgIpc) is 3.03. The van der Waals surface area contributed by atoms with Crippen LogP contribution >= 0.6 is 11.8 Å². The van der Waals surface area contributed by atoms with E-state index < -0.39 is 16.6 Å². The second kappa shape index (κ2) is 5.78. The van der Waals surface area contributed by atoms with Crippen molar-refractivity contribution in [1.82, 2.24) is 9.58 Å². The third-order valence-corrected chi connectivity index (χ3v) is 4.12. The zero-order valence-electron chi connectivity index (χ0n) is 12.0. The molecule has 0 spiro atoms. The molecule has 0 amide bonds. The fourth-order valence-electron chi connectivity index (χ4n) is 2.25. The van der Waals surface area contributed by atoms with E-state index in [9.17, 15) is 13.2 Å². The molecule has 1 aliphatic heterocycles. The van der Waals surface area contributed by atoms with E-state index in [-0.39, 0.29) is 0 Å². The monoisotopic (exact) mass is 337 g/mol. The number of hydrogen-bond acceptors (Lipinski definition) is 4. The molecule has 2 heterocycles. The van der Waals surface area contributed by atoms with E-state index in [1.165, 1.54) is 18.7 Å². The summed E-state index contributed by atoms with van der Waals surface area (Å²) in [6.45, 7) is 0. The van der Waals surface area contributed by atoms with Crippen molar-refractivity contribution in [1.29, 1.82) is 0 Å². The maximum absolute atomic E-state index is 13.0. The van der Waals surface area contributed by atoms with Crippen molar-refractivity contribution in [3.63, 3.8) is 0 Å². The van der Waals surface area contributed by atoms with E-state index in [0.717, 1.165) is 4.90 Å². The van der Waals surface area contributed by atoms with Gasteiger partial charge in [-0.25, -0.2) is 0 Å². The summed E-state index contributed by atoms with van der Waals surface area (Å²) in [5, 5.41) is 3.86. The summed E-state index contributed by atoms with van der Waals surface area (Å²) in [5.41, 5.74) is 1.09. The van der Waals surface area contributed by atoms with Crippen LogP contribution in [0.2, 0.25) is 0 Å². The Morgan fingerprint density at radius 3 is 2.09 bits per heavy atom. The van der Waals surface area contributed by atoms with Gasteiger partial charge in [0.15, 0.2) is 11.4 Å². The quantitative estimate of drug-likeness (QED) is 0.616. The Morgan fingerprint density at radius 1 is 0.957 bits per heavy atom. The van der Waals surface area contributed by atoms with E-state index in [1.54, 1.807) is 36.0 Å². The van der Waals surface area contributed by atoms with Crippen molar-refractivity contribution in [3.05, 3.63) is 48.8 Å². The van der Waals surface area contributed by atoms with Gasteiger partial charge < -0.3 is 0 Å². The van der Waals surface area contributed by atoms with Gasteiger partial charge in [0.25, 0.3) is 5.84 Å². The number of alkyl halides is 3. The van der Waals surface area contributed by atoms with E-state index in [0.29, 0.717) is 11.4 Å². The molecule has 0 aliphatic carbocycles. The molecule has 8 heteroatoms. The zero-order valence-corrected chi connectivity index (χ0v) is 12.8. The molecule has 0 bridgehead atoms. The van der Waals surface area contributed by atoms with Crippen LogP contribution in [0.1, 0.15) is 0 Å². The first-order valence-corrected chi connectivity index (χ1v) is 7.85. The maximum atomic E-state index is 13.0. The molecule has 0 saturated carbocycles. The molecule has 1 aromatic carbocycles. The Hall–Kier alpha value is -2.19. The summed E-state index contributed by atoms with van der Waals surface area (Å²) in [6, 6.07) is 10.4. The zero-order chi connectivity index (χ0) is 16.5. The highest BCUT2D eigenvalue weighted by Gasteiger charge is 2.47. The second-order valence-corrected chi connectivity index (χ2v) is 5.63. The first-order chi connectivity index (χ1) is 11.0. The van der Waals surface area contributed by atoms with Crippen molar-refractivity contribution < 1.29 is 13.2 Å². The highest BCUT2D eigenvalue weighted by atomic mass is 32.2. The van der Waals surface area contributed by atoms with Crippen LogP contribution in [0.4, 0.5) is 24.5 Å². The minimum absolute atomic E-state index is 0.466. The van der Waals surface area contributed by atoms with Gasteiger partial charge in [0.1, 0.15) is 0 Å². The van der Waals surface area contributed by atoms with Gasteiger partial charge in [0.05, 0.1) is 0 Å². The largest absolute Gasteiger partial charge is 0.457 e. The SMILES string of the molecule is CSc1ccc([N+]2(c3ccncc3)C=NC(C(F)(F)F)=N2)cc1. The molecule has 118 valence electrons. The number of aromatic nitrogens is 1. The fourth-order valence-corrected chi connectivity index (χ4v) is 2.66. The molecule has 0 saturated heterocycles. The Morgan fingerprint density at radius 2 is 1.57 bits per heavy atom. The van der Waals surface area contributed by atoms with Gasteiger partial charge >= 0.3 is 6.18 Å². The molecule has 4 nitrogen and oxygen atoms in total. The van der Waals surface area contributed by atoms with Crippen LogP contribution in [0.5, 0.6) is 0 Å². The van der Waals surface area contributed by atoms with Crippen molar-refractivity contribution >= 4 is 35.3 Å². The number of thioether (sulfide) groups is 1. The van der Waals surface area contributed by atoms with Crippen molar-refractivity contribution in [3.8, 4) is 0 Å². The van der Waals surface area contributed by atoms with Gasteiger partial charge in [-0.05, 0) is 23.5 Å². The summed E-state index contributed by atoms with van der Waals surface area (Å²) >= 11 is 1.55. The maximum Gasteiger partial charge on any atom is 0.457 e. The van der Waals surface area contributed by atoms with Crippen LogP contribution in [0.25, 0.3) is 0 Å². The summed E-state index contributed by atoms with van der Waals surface area (Å²) in [7, 11) is 0. The van der Waals surface area contributed by atoms with Gasteiger partial charge in [0, 0.05) is 41.6 Å². The Labute approximate surface area is 135 Å². The Balaban J connectivity index is 2.16. The average molecular weight is 337 g/mol. The molecule has 2 aromatic rings. The number of rotatable bonds is 3. The molecule has 0 N–H and O–H groups in total. The predicted molar refractivity (Wildman–Crippen MR) is 85.9 cm³/mol. The van der Waals surface area contributed by atoms with E-state index >= 15 is 0 Å². The fraction of sp³-hybridized carbons (Fsp3) is 0.133. The molecular formula is C15H12F3N4S+. The van der Waals surface area contributed by atoms with E-state index in [1.807, 2.05) is 18.4 Å². The molecule has 23 heavy (non-hydrogen) atoms. The molecule has 3 rings (SSSR count). The third-order valence-electron chi connectivity index (χ3n) is 3.38. The van der Waals surface area contributed by atoms with Gasteiger partial charge in [-0.15, -0.1) is 11.8 Å². The molecular weight excluding hydrogens is 325 g/mol. The topological polar surface area (TPSA) is 37.6 Å². The first kappa shape index (κ1) is 15.7. The lowest BCUT2D eigenvalue weighted by atomic mass is 10.2. The van der Waals surface area contributed by atoms with E-state index in [4.69, 9.17) is 0 Å². The lowest BCUT2D eigenvalue weighted by molar-refractivity contribution is -0.0599.